The van der Waals surface area contributed by atoms with E-state index in [1.807, 2.05) is 12.1 Å². The Morgan fingerprint density at radius 3 is 2.56 bits per heavy atom. The zero-order chi connectivity index (χ0) is 12.8. The van der Waals surface area contributed by atoms with Crippen molar-refractivity contribution < 1.29 is 9.53 Å². The van der Waals surface area contributed by atoms with E-state index in [0.717, 1.165) is 25.3 Å². The van der Waals surface area contributed by atoms with Crippen LogP contribution >= 0.6 is 0 Å². The highest BCUT2D eigenvalue weighted by Crippen LogP contribution is 2.13. The molecule has 1 saturated heterocycles. The summed E-state index contributed by atoms with van der Waals surface area (Å²) in [6.07, 6.45) is 2.39. The second kappa shape index (κ2) is 6.52. The molecular formula is C14H20N2O2. The minimum Gasteiger partial charge on any atom is -0.376 e. The van der Waals surface area contributed by atoms with Gasteiger partial charge in [0, 0.05) is 12.2 Å². The molecule has 18 heavy (non-hydrogen) atoms. The maximum atomic E-state index is 10.9. The summed E-state index contributed by atoms with van der Waals surface area (Å²) in [4.78, 5) is 10.9. The number of piperidine rings is 1. The number of nitrogens with one attached hydrogen (secondary N) is 1. The van der Waals surface area contributed by atoms with E-state index in [1.54, 1.807) is 12.1 Å². The summed E-state index contributed by atoms with van der Waals surface area (Å²) in [5.41, 5.74) is 6.80. The number of hydrogen-bond acceptors (Lipinski definition) is 3. The minimum atomic E-state index is -0.392. The van der Waals surface area contributed by atoms with Gasteiger partial charge in [0.05, 0.1) is 6.61 Å². The average Bonchev–Trinajstić information content (AvgIpc) is 2.40. The molecular weight excluding hydrogens is 228 g/mol. The van der Waals surface area contributed by atoms with E-state index < -0.39 is 5.91 Å². The first kappa shape index (κ1) is 13.1. The van der Waals surface area contributed by atoms with Gasteiger partial charge in [-0.15, -0.1) is 0 Å². The third-order valence-corrected chi connectivity index (χ3v) is 3.32. The van der Waals surface area contributed by atoms with Crippen LogP contribution in [0.5, 0.6) is 0 Å². The van der Waals surface area contributed by atoms with Crippen molar-refractivity contribution in [3.05, 3.63) is 35.4 Å². The van der Waals surface area contributed by atoms with Crippen LogP contribution in [0.25, 0.3) is 0 Å². The fourth-order valence-electron chi connectivity index (χ4n) is 2.16. The molecule has 1 aromatic rings. The second-order valence-electron chi connectivity index (χ2n) is 4.77. The fourth-order valence-corrected chi connectivity index (χ4v) is 2.16. The van der Waals surface area contributed by atoms with Gasteiger partial charge in [0.2, 0.25) is 5.91 Å². The normalized spacial score (nSPS) is 16.7. The number of amides is 1. The van der Waals surface area contributed by atoms with Crippen LogP contribution in [0.15, 0.2) is 24.3 Å². The molecule has 1 aromatic carbocycles. The Balaban J connectivity index is 1.74. The van der Waals surface area contributed by atoms with Crippen LogP contribution < -0.4 is 11.1 Å². The lowest BCUT2D eigenvalue weighted by atomic mass is 9.99. The molecule has 0 spiro atoms. The van der Waals surface area contributed by atoms with Crippen molar-refractivity contribution in [3.8, 4) is 0 Å². The number of nitrogens with two attached hydrogens (primary N) is 1. The highest BCUT2D eigenvalue weighted by Gasteiger charge is 2.12. The van der Waals surface area contributed by atoms with Gasteiger partial charge in [0.15, 0.2) is 0 Å². The summed E-state index contributed by atoms with van der Waals surface area (Å²) < 4.78 is 5.72. The molecule has 1 aliphatic rings. The molecule has 98 valence electrons. The number of ether oxygens (including phenoxy) is 1. The summed E-state index contributed by atoms with van der Waals surface area (Å²) in [5, 5.41) is 3.34. The van der Waals surface area contributed by atoms with Crippen LogP contribution in [0.2, 0.25) is 0 Å². The second-order valence-corrected chi connectivity index (χ2v) is 4.77. The van der Waals surface area contributed by atoms with Gasteiger partial charge in [-0.1, -0.05) is 12.1 Å². The van der Waals surface area contributed by atoms with Crippen molar-refractivity contribution >= 4 is 5.91 Å². The largest absolute Gasteiger partial charge is 0.376 e. The van der Waals surface area contributed by atoms with E-state index in [0.29, 0.717) is 18.1 Å². The Bertz CT molecular complexity index is 383. The average molecular weight is 248 g/mol. The lowest BCUT2D eigenvalue weighted by Crippen LogP contribution is -2.29. The molecule has 4 nitrogen and oxygen atoms in total. The van der Waals surface area contributed by atoms with Crippen molar-refractivity contribution in [1.29, 1.82) is 0 Å². The smallest absolute Gasteiger partial charge is 0.248 e. The van der Waals surface area contributed by atoms with Gasteiger partial charge in [0.25, 0.3) is 0 Å². The molecule has 0 radical (unpaired) electrons. The fraction of sp³-hybridized carbons (Fsp3) is 0.500. The zero-order valence-corrected chi connectivity index (χ0v) is 10.5. The minimum absolute atomic E-state index is 0.392. The van der Waals surface area contributed by atoms with E-state index in [4.69, 9.17) is 10.5 Å². The van der Waals surface area contributed by atoms with Crippen LogP contribution in [-0.4, -0.2) is 25.6 Å². The van der Waals surface area contributed by atoms with Crippen LogP contribution in [-0.2, 0) is 11.3 Å². The van der Waals surface area contributed by atoms with Crippen LogP contribution in [0.1, 0.15) is 28.8 Å². The Morgan fingerprint density at radius 2 is 1.94 bits per heavy atom. The van der Waals surface area contributed by atoms with Crippen molar-refractivity contribution in [2.75, 3.05) is 19.7 Å². The molecule has 3 N–H and O–H groups in total. The van der Waals surface area contributed by atoms with E-state index >= 15 is 0 Å². The lowest BCUT2D eigenvalue weighted by Gasteiger charge is -2.22. The molecule has 1 heterocycles. The number of benzene rings is 1. The summed E-state index contributed by atoms with van der Waals surface area (Å²) in [5.74, 6) is 0.285. The molecule has 0 aliphatic carbocycles. The number of carbonyl (C=O) groups is 1. The maximum absolute atomic E-state index is 10.9. The zero-order valence-electron chi connectivity index (χ0n) is 10.5. The summed E-state index contributed by atoms with van der Waals surface area (Å²) in [6.45, 7) is 3.62. The lowest BCUT2D eigenvalue weighted by molar-refractivity contribution is 0.0763. The van der Waals surface area contributed by atoms with Crippen molar-refractivity contribution in [3.63, 3.8) is 0 Å². The van der Waals surface area contributed by atoms with Gasteiger partial charge in [0.1, 0.15) is 0 Å². The predicted octanol–water partition coefficient (Wildman–Crippen LogP) is 1.30. The molecule has 0 unspecified atom stereocenters. The Hall–Kier alpha value is -1.39. The molecule has 2 rings (SSSR count). The van der Waals surface area contributed by atoms with Gasteiger partial charge in [-0.2, -0.15) is 0 Å². The molecule has 0 atom stereocenters. The third-order valence-electron chi connectivity index (χ3n) is 3.32. The van der Waals surface area contributed by atoms with Crippen LogP contribution in [0.4, 0.5) is 0 Å². The first-order chi connectivity index (χ1) is 8.75. The van der Waals surface area contributed by atoms with Gasteiger partial charge in [-0.25, -0.2) is 0 Å². The molecule has 0 bridgehead atoms. The number of rotatable bonds is 5. The highest BCUT2D eigenvalue weighted by molar-refractivity contribution is 5.92. The highest BCUT2D eigenvalue weighted by atomic mass is 16.5. The molecule has 0 saturated carbocycles. The Labute approximate surface area is 108 Å². The van der Waals surface area contributed by atoms with Gasteiger partial charge >= 0.3 is 0 Å². The third kappa shape index (κ3) is 3.82. The summed E-state index contributed by atoms with van der Waals surface area (Å²) in [7, 11) is 0. The van der Waals surface area contributed by atoms with E-state index in [2.05, 4.69) is 5.32 Å². The van der Waals surface area contributed by atoms with E-state index in [1.165, 1.54) is 12.8 Å². The predicted molar refractivity (Wildman–Crippen MR) is 70.2 cm³/mol. The topological polar surface area (TPSA) is 64.4 Å². The van der Waals surface area contributed by atoms with Crippen molar-refractivity contribution in [1.82, 2.24) is 5.32 Å². The van der Waals surface area contributed by atoms with Gasteiger partial charge in [-0.3, -0.25) is 4.79 Å². The van der Waals surface area contributed by atoms with Gasteiger partial charge in [-0.05, 0) is 49.5 Å². The number of primary amides is 1. The molecule has 0 aromatic heterocycles. The molecule has 1 fully saturated rings. The summed E-state index contributed by atoms with van der Waals surface area (Å²) in [6, 6.07) is 7.27. The van der Waals surface area contributed by atoms with Crippen LogP contribution in [0.3, 0.4) is 0 Å². The van der Waals surface area contributed by atoms with Gasteiger partial charge < -0.3 is 15.8 Å². The number of carbonyl (C=O) groups excluding carboxylic acids is 1. The first-order valence-electron chi connectivity index (χ1n) is 6.43. The molecule has 1 amide bonds. The number of hydrogen-bond donors (Lipinski definition) is 2. The molecule has 4 heteroatoms. The standard InChI is InChI=1S/C14H20N2O2/c15-14(17)13-3-1-11(2-4-13)9-18-10-12-5-7-16-8-6-12/h1-4,12,16H,5-10H2,(H2,15,17). The van der Waals surface area contributed by atoms with Crippen molar-refractivity contribution in [2.24, 2.45) is 11.7 Å². The first-order valence-corrected chi connectivity index (χ1v) is 6.43. The Kier molecular flexibility index (Phi) is 4.73. The van der Waals surface area contributed by atoms with E-state index in [-0.39, 0.29) is 0 Å². The quantitative estimate of drug-likeness (QED) is 0.825. The Morgan fingerprint density at radius 1 is 1.28 bits per heavy atom. The van der Waals surface area contributed by atoms with E-state index in [9.17, 15) is 4.79 Å². The monoisotopic (exact) mass is 248 g/mol. The molecule has 1 aliphatic heterocycles. The SMILES string of the molecule is NC(=O)c1ccc(COCC2CCNCC2)cc1. The van der Waals surface area contributed by atoms with Crippen LogP contribution in [0, 0.1) is 5.92 Å². The summed E-state index contributed by atoms with van der Waals surface area (Å²) >= 11 is 0. The van der Waals surface area contributed by atoms with Crippen molar-refractivity contribution in [2.45, 2.75) is 19.4 Å². The maximum Gasteiger partial charge on any atom is 0.248 e.